The third kappa shape index (κ3) is 4.72. The lowest BCUT2D eigenvalue weighted by molar-refractivity contribution is 0.222. The summed E-state index contributed by atoms with van der Waals surface area (Å²) in [4.78, 5) is 15.9. The number of rotatable bonds is 6. The minimum Gasteiger partial charge on any atom is -0.336 e. The number of urea groups is 1. The van der Waals surface area contributed by atoms with Crippen molar-refractivity contribution >= 4 is 29.0 Å². The summed E-state index contributed by atoms with van der Waals surface area (Å²) in [6.45, 7) is 3.34. The van der Waals surface area contributed by atoms with Crippen LogP contribution in [0.2, 0.25) is 5.02 Å². The highest BCUT2D eigenvalue weighted by atomic mass is 35.5. The fourth-order valence-electron chi connectivity index (χ4n) is 2.98. The van der Waals surface area contributed by atoms with Crippen molar-refractivity contribution in [3.63, 3.8) is 0 Å². The molecule has 1 atom stereocenters. The molecular weight excluding hydrogens is 342 g/mol. The first-order valence-electron chi connectivity index (χ1n) is 8.26. The zero-order valence-corrected chi connectivity index (χ0v) is 15.1. The SMILES string of the molecule is O=C(NCc1ccc(Cl)cc1)NCC(c1cccs1)N1CCCC1. The van der Waals surface area contributed by atoms with Crippen molar-refractivity contribution in [2.45, 2.75) is 25.4 Å². The predicted molar refractivity (Wildman–Crippen MR) is 99.6 cm³/mol. The first-order valence-corrected chi connectivity index (χ1v) is 9.52. The van der Waals surface area contributed by atoms with Gasteiger partial charge in [0.2, 0.25) is 0 Å². The molecule has 128 valence electrons. The van der Waals surface area contributed by atoms with E-state index in [1.807, 2.05) is 24.3 Å². The van der Waals surface area contributed by atoms with Crippen molar-refractivity contribution < 1.29 is 4.79 Å². The Morgan fingerprint density at radius 2 is 1.92 bits per heavy atom. The molecule has 2 aromatic rings. The van der Waals surface area contributed by atoms with Crippen molar-refractivity contribution in [1.29, 1.82) is 0 Å². The van der Waals surface area contributed by atoms with E-state index in [9.17, 15) is 4.79 Å². The Morgan fingerprint density at radius 1 is 1.17 bits per heavy atom. The van der Waals surface area contributed by atoms with E-state index in [0.717, 1.165) is 18.7 Å². The molecule has 0 aliphatic carbocycles. The number of nitrogens with one attached hydrogen (secondary N) is 2. The van der Waals surface area contributed by atoms with Gasteiger partial charge in [0.1, 0.15) is 0 Å². The summed E-state index contributed by atoms with van der Waals surface area (Å²) in [5, 5.41) is 8.72. The minimum absolute atomic E-state index is 0.134. The van der Waals surface area contributed by atoms with E-state index in [0.29, 0.717) is 18.1 Å². The zero-order valence-electron chi connectivity index (χ0n) is 13.5. The maximum absolute atomic E-state index is 12.1. The van der Waals surface area contributed by atoms with Crippen molar-refractivity contribution in [1.82, 2.24) is 15.5 Å². The lowest BCUT2D eigenvalue weighted by Gasteiger charge is -2.26. The topological polar surface area (TPSA) is 44.4 Å². The molecule has 0 bridgehead atoms. The van der Waals surface area contributed by atoms with Gasteiger partial charge in [-0.25, -0.2) is 4.79 Å². The molecule has 4 nitrogen and oxygen atoms in total. The quantitative estimate of drug-likeness (QED) is 0.813. The van der Waals surface area contributed by atoms with Gasteiger partial charge in [0.05, 0.1) is 6.04 Å². The molecule has 0 saturated carbocycles. The molecule has 1 unspecified atom stereocenters. The summed E-state index contributed by atoms with van der Waals surface area (Å²) in [7, 11) is 0. The fourth-order valence-corrected chi connectivity index (χ4v) is 3.97. The summed E-state index contributed by atoms with van der Waals surface area (Å²) >= 11 is 7.62. The number of benzene rings is 1. The monoisotopic (exact) mass is 363 g/mol. The van der Waals surface area contributed by atoms with E-state index in [4.69, 9.17) is 11.6 Å². The number of hydrogen-bond donors (Lipinski definition) is 2. The first-order chi connectivity index (χ1) is 11.7. The van der Waals surface area contributed by atoms with Crippen LogP contribution in [0.4, 0.5) is 4.79 Å². The van der Waals surface area contributed by atoms with Gasteiger partial charge in [-0.1, -0.05) is 29.8 Å². The molecule has 1 aliphatic heterocycles. The summed E-state index contributed by atoms with van der Waals surface area (Å²) in [5.41, 5.74) is 1.03. The molecule has 6 heteroatoms. The number of carbonyl (C=O) groups is 1. The lowest BCUT2D eigenvalue weighted by atomic mass is 10.2. The number of carbonyl (C=O) groups excluding carboxylic acids is 1. The molecule has 1 aromatic heterocycles. The smallest absolute Gasteiger partial charge is 0.315 e. The number of likely N-dealkylation sites (tertiary alicyclic amines) is 1. The van der Waals surface area contributed by atoms with Crippen molar-refractivity contribution in [3.05, 3.63) is 57.2 Å². The van der Waals surface area contributed by atoms with Crippen LogP contribution < -0.4 is 10.6 Å². The minimum atomic E-state index is -0.134. The Balaban J connectivity index is 1.50. The molecule has 24 heavy (non-hydrogen) atoms. The molecule has 2 N–H and O–H groups in total. The van der Waals surface area contributed by atoms with Crippen LogP contribution in [0.5, 0.6) is 0 Å². The van der Waals surface area contributed by atoms with Crippen LogP contribution in [0.1, 0.15) is 29.3 Å². The Morgan fingerprint density at radius 3 is 2.58 bits per heavy atom. The van der Waals surface area contributed by atoms with Gasteiger partial charge in [-0.05, 0) is 55.1 Å². The Labute approximate surface area is 151 Å². The fraction of sp³-hybridized carbons (Fsp3) is 0.389. The normalized spacial score (nSPS) is 16.0. The number of halogens is 1. The van der Waals surface area contributed by atoms with Crippen molar-refractivity contribution in [2.24, 2.45) is 0 Å². The van der Waals surface area contributed by atoms with Crippen LogP contribution in [0.15, 0.2) is 41.8 Å². The predicted octanol–water partition coefficient (Wildman–Crippen LogP) is 4.04. The molecular formula is C18H22ClN3OS. The third-order valence-corrected chi connectivity index (χ3v) is 5.50. The van der Waals surface area contributed by atoms with Crippen LogP contribution in [0.25, 0.3) is 0 Å². The summed E-state index contributed by atoms with van der Waals surface area (Å²) < 4.78 is 0. The largest absolute Gasteiger partial charge is 0.336 e. The van der Waals surface area contributed by atoms with Gasteiger partial charge in [-0.15, -0.1) is 11.3 Å². The summed E-state index contributed by atoms with van der Waals surface area (Å²) in [5.74, 6) is 0. The molecule has 2 amide bonds. The molecule has 1 aromatic carbocycles. The Bertz CT molecular complexity index is 639. The molecule has 0 spiro atoms. The van der Waals surface area contributed by atoms with Crippen molar-refractivity contribution in [2.75, 3.05) is 19.6 Å². The van der Waals surface area contributed by atoms with E-state index in [1.165, 1.54) is 17.7 Å². The van der Waals surface area contributed by atoms with Gasteiger partial charge < -0.3 is 10.6 Å². The maximum Gasteiger partial charge on any atom is 0.315 e. The van der Waals surface area contributed by atoms with Gasteiger partial charge in [0, 0.05) is 23.0 Å². The third-order valence-electron chi connectivity index (χ3n) is 4.28. The average Bonchev–Trinajstić information content (AvgIpc) is 3.29. The number of amides is 2. The highest BCUT2D eigenvalue weighted by Crippen LogP contribution is 2.27. The second kappa shape index (κ2) is 8.51. The van der Waals surface area contributed by atoms with E-state index in [2.05, 4.69) is 33.0 Å². The number of nitrogens with zero attached hydrogens (tertiary/aromatic N) is 1. The van der Waals surface area contributed by atoms with Crippen molar-refractivity contribution in [3.8, 4) is 0 Å². The van der Waals surface area contributed by atoms with Gasteiger partial charge in [-0.3, -0.25) is 4.90 Å². The lowest BCUT2D eigenvalue weighted by Crippen LogP contribution is -2.41. The second-order valence-corrected chi connectivity index (χ2v) is 7.38. The van der Waals surface area contributed by atoms with Crippen LogP contribution in [-0.4, -0.2) is 30.6 Å². The molecule has 1 fully saturated rings. The highest BCUT2D eigenvalue weighted by molar-refractivity contribution is 7.10. The van der Waals surface area contributed by atoms with Gasteiger partial charge in [-0.2, -0.15) is 0 Å². The van der Waals surface area contributed by atoms with E-state index >= 15 is 0 Å². The Kier molecular flexibility index (Phi) is 6.12. The van der Waals surface area contributed by atoms with E-state index in [1.54, 1.807) is 11.3 Å². The van der Waals surface area contributed by atoms with Gasteiger partial charge in [0.25, 0.3) is 0 Å². The number of thiophene rings is 1. The zero-order chi connectivity index (χ0) is 16.8. The molecule has 3 rings (SSSR count). The van der Waals surface area contributed by atoms with Crippen LogP contribution >= 0.6 is 22.9 Å². The summed E-state index contributed by atoms with van der Waals surface area (Å²) in [6, 6.07) is 11.9. The average molecular weight is 364 g/mol. The Hall–Kier alpha value is -1.56. The van der Waals surface area contributed by atoms with Gasteiger partial charge >= 0.3 is 6.03 Å². The van der Waals surface area contributed by atoms with E-state index in [-0.39, 0.29) is 12.1 Å². The van der Waals surface area contributed by atoms with Crippen LogP contribution in [-0.2, 0) is 6.54 Å². The molecule has 1 aliphatic rings. The number of hydrogen-bond acceptors (Lipinski definition) is 3. The molecule has 1 saturated heterocycles. The highest BCUT2D eigenvalue weighted by Gasteiger charge is 2.24. The van der Waals surface area contributed by atoms with E-state index < -0.39 is 0 Å². The van der Waals surface area contributed by atoms with Crippen LogP contribution in [0.3, 0.4) is 0 Å². The van der Waals surface area contributed by atoms with Crippen LogP contribution in [0, 0.1) is 0 Å². The summed E-state index contributed by atoms with van der Waals surface area (Å²) in [6.07, 6.45) is 2.48. The second-order valence-electron chi connectivity index (χ2n) is 5.96. The van der Waals surface area contributed by atoms with Gasteiger partial charge in [0.15, 0.2) is 0 Å². The maximum atomic E-state index is 12.1. The molecule has 0 radical (unpaired) electrons. The first kappa shape index (κ1) is 17.3. The standard InChI is InChI=1S/C18H22ClN3OS/c19-15-7-5-14(6-8-15)12-20-18(23)21-13-16(17-4-3-11-24-17)22-9-1-2-10-22/h3-8,11,16H,1-2,9-10,12-13H2,(H2,20,21,23). The molecule has 2 heterocycles.